The lowest BCUT2D eigenvalue weighted by molar-refractivity contribution is -0.142. The lowest BCUT2D eigenvalue weighted by Crippen LogP contribution is -2.31. The molecule has 1 rings (SSSR count). The Morgan fingerprint density at radius 3 is 2.83 bits per heavy atom. The molecule has 1 saturated heterocycles. The summed E-state index contributed by atoms with van der Waals surface area (Å²) in [5.74, 6) is -1.25. The van der Waals surface area contributed by atoms with Gasteiger partial charge in [-0.25, -0.2) is 0 Å². The second-order valence-corrected chi connectivity index (χ2v) is 2.95. The first kappa shape index (κ1) is 8.96. The summed E-state index contributed by atoms with van der Waals surface area (Å²) in [5, 5.41) is 12.9. The third-order valence-corrected chi connectivity index (χ3v) is 2.36. The average Bonchev–Trinajstić information content (AvgIpc) is 2.46. The minimum Gasteiger partial charge on any atom is -0.481 e. The molecule has 0 amide bonds. The van der Waals surface area contributed by atoms with Gasteiger partial charge in [-0.05, 0) is 12.8 Å². The molecule has 2 unspecified atom stereocenters. The Bertz CT molecular complexity index is 195. The highest BCUT2D eigenvalue weighted by atomic mass is 16.4. The van der Waals surface area contributed by atoms with E-state index in [1.54, 1.807) is 0 Å². The van der Waals surface area contributed by atoms with Gasteiger partial charge in [0.25, 0.3) is 0 Å². The number of nitroso groups, excluding NO2 is 1. The van der Waals surface area contributed by atoms with Crippen molar-refractivity contribution in [1.29, 1.82) is 0 Å². The number of hydrogen-bond donors (Lipinski definition) is 1. The molecule has 0 aromatic rings. The van der Waals surface area contributed by atoms with Gasteiger partial charge in [0.2, 0.25) is 0 Å². The number of aliphatic carboxylic acids is 1. The molecule has 1 aliphatic heterocycles. The van der Waals surface area contributed by atoms with Gasteiger partial charge in [-0.1, -0.05) is 6.92 Å². The molecular weight excluding hydrogens is 160 g/mol. The van der Waals surface area contributed by atoms with Gasteiger partial charge in [-0.15, -0.1) is 4.91 Å². The molecule has 1 heterocycles. The van der Waals surface area contributed by atoms with Crippen LogP contribution in [0.2, 0.25) is 0 Å². The van der Waals surface area contributed by atoms with E-state index in [9.17, 15) is 9.70 Å². The molecule has 0 radical (unpaired) electrons. The van der Waals surface area contributed by atoms with Crippen LogP contribution < -0.4 is 0 Å². The van der Waals surface area contributed by atoms with Crippen LogP contribution >= 0.6 is 0 Å². The fraction of sp³-hybridized carbons (Fsp3) is 0.857. The minimum absolute atomic E-state index is 0.208. The molecule has 0 spiro atoms. The lowest BCUT2D eigenvalue weighted by Gasteiger charge is -2.18. The van der Waals surface area contributed by atoms with E-state index in [0.717, 1.165) is 0 Å². The molecule has 2 atom stereocenters. The Labute approximate surface area is 70.3 Å². The second kappa shape index (κ2) is 3.51. The topological polar surface area (TPSA) is 70.0 Å². The van der Waals surface area contributed by atoms with Crippen LogP contribution in [-0.4, -0.2) is 28.7 Å². The van der Waals surface area contributed by atoms with Crippen molar-refractivity contribution in [2.45, 2.75) is 25.8 Å². The summed E-state index contributed by atoms with van der Waals surface area (Å²) in [6, 6.07) is -0.208. The summed E-state index contributed by atoms with van der Waals surface area (Å²) >= 11 is 0. The van der Waals surface area contributed by atoms with E-state index in [4.69, 9.17) is 5.11 Å². The van der Waals surface area contributed by atoms with Gasteiger partial charge in [0.15, 0.2) is 0 Å². The normalized spacial score (nSPS) is 28.9. The molecule has 5 heteroatoms. The zero-order valence-corrected chi connectivity index (χ0v) is 6.93. The largest absolute Gasteiger partial charge is 0.481 e. The molecule has 5 nitrogen and oxygen atoms in total. The van der Waals surface area contributed by atoms with Gasteiger partial charge < -0.3 is 5.11 Å². The molecule has 12 heavy (non-hydrogen) atoms. The standard InChI is InChI=1S/C7H12N2O3/c1-2-6-5(7(10)11)3-4-9(6)8-12/h5-6H,2-4H2,1H3,(H,10,11). The maximum absolute atomic E-state index is 10.7. The Balaban J connectivity index is 2.68. The molecular formula is C7H12N2O3. The first-order valence-corrected chi connectivity index (χ1v) is 4.03. The molecule has 1 fully saturated rings. The smallest absolute Gasteiger partial charge is 0.308 e. The van der Waals surface area contributed by atoms with Gasteiger partial charge in [-0.3, -0.25) is 9.80 Å². The Hall–Kier alpha value is -1.13. The number of carboxylic acid groups (broad SMARTS) is 1. The number of hydrogen-bond acceptors (Lipinski definition) is 3. The highest BCUT2D eigenvalue weighted by molar-refractivity contribution is 5.71. The van der Waals surface area contributed by atoms with Gasteiger partial charge in [0.1, 0.15) is 0 Å². The van der Waals surface area contributed by atoms with Gasteiger partial charge in [0, 0.05) is 6.54 Å². The molecule has 0 aliphatic carbocycles. The summed E-state index contributed by atoms with van der Waals surface area (Å²) in [4.78, 5) is 20.9. The van der Waals surface area contributed by atoms with E-state index in [2.05, 4.69) is 5.29 Å². The SMILES string of the molecule is CCC1C(C(=O)O)CCN1N=O. The molecule has 1 aliphatic rings. The number of rotatable bonds is 3. The van der Waals surface area contributed by atoms with Crippen LogP contribution in [0.5, 0.6) is 0 Å². The molecule has 0 bridgehead atoms. The molecule has 1 N–H and O–H groups in total. The Morgan fingerprint density at radius 2 is 2.42 bits per heavy atom. The van der Waals surface area contributed by atoms with Crippen molar-refractivity contribution < 1.29 is 9.90 Å². The summed E-state index contributed by atoms with van der Waals surface area (Å²) in [7, 11) is 0. The number of nitrogens with zero attached hydrogens (tertiary/aromatic N) is 2. The Morgan fingerprint density at radius 1 is 1.75 bits per heavy atom. The van der Waals surface area contributed by atoms with Crippen molar-refractivity contribution in [3.8, 4) is 0 Å². The third kappa shape index (κ3) is 1.39. The van der Waals surface area contributed by atoms with Crippen LogP contribution in [-0.2, 0) is 4.79 Å². The van der Waals surface area contributed by atoms with E-state index in [-0.39, 0.29) is 6.04 Å². The van der Waals surface area contributed by atoms with Crippen molar-refractivity contribution in [3.63, 3.8) is 0 Å². The van der Waals surface area contributed by atoms with E-state index < -0.39 is 11.9 Å². The molecule has 68 valence electrons. The van der Waals surface area contributed by atoms with Crippen LogP contribution in [0, 0.1) is 10.8 Å². The van der Waals surface area contributed by atoms with Crippen molar-refractivity contribution >= 4 is 5.97 Å². The fourth-order valence-corrected chi connectivity index (χ4v) is 1.72. The molecule has 0 aromatic heterocycles. The summed E-state index contributed by atoms with van der Waals surface area (Å²) in [6.07, 6.45) is 1.18. The maximum atomic E-state index is 10.7. The monoisotopic (exact) mass is 172 g/mol. The summed E-state index contributed by atoms with van der Waals surface area (Å²) < 4.78 is 0. The van der Waals surface area contributed by atoms with Crippen molar-refractivity contribution in [1.82, 2.24) is 5.01 Å². The zero-order chi connectivity index (χ0) is 9.14. The average molecular weight is 172 g/mol. The molecule has 0 saturated carbocycles. The lowest BCUT2D eigenvalue weighted by atomic mass is 9.99. The van der Waals surface area contributed by atoms with Gasteiger partial charge in [-0.2, -0.15) is 0 Å². The van der Waals surface area contributed by atoms with E-state index in [0.29, 0.717) is 19.4 Å². The highest BCUT2D eigenvalue weighted by Gasteiger charge is 2.37. The molecule has 0 aromatic carbocycles. The van der Waals surface area contributed by atoms with Crippen LogP contribution in [0.15, 0.2) is 5.29 Å². The van der Waals surface area contributed by atoms with Crippen molar-refractivity contribution in [2.24, 2.45) is 11.2 Å². The predicted octanol–water partition coefficient (Wildman–Crippen LogP) is 0.853. The minimum atomic E-state index is -0.826. The first-order chi connectivity index (χ1) is 5.70. The number of carboxylic acids is 1. The maximum Gasteiger partial charge on any atom is 0.308 e. The first-order valence-electron chi connectivity index (χ1n) is 4.03. The quantitative estimate of drug-likeness (QED) is 0.641. The van der Waals surface area contributed by atoms with E-state index in [1.165, 1.54) is 5.01 Å². The summed E-state index contributed by atoms with van der Waals surface area (Å²) in [5.41, 5.74) is 0. The van der Waals surface area contributed by atoms with E-state index >= 15 is 0 Å². The predicted molar refractivity (Wildman–Crippen MR) is 42.3 cm³/mol. The fourth-order valence-electron chi connectivity index (χ4n) is 1.72. The van der Waals surface area contributed by atoms with Gasteiger partial charge in [0.05, 0.1) is 17.2 Å². The van der Waals surface area contributed by atoms with Gasteiger partial charge >= 0.3 is 5.97 Å². The van der Waals surface area contributed by atoms with Crippen LogP contribution in [0.4, 0.5) is 0 Å². The number of carbonyl (C=O) groups is 1. The third-order valence-electron chi connectivity index (χ3n) is 2.36. The van der Waals surface area contributed by atoms with Crippen LogP contribution in [0.25, 0.3) is 0 Å². The van der Waals surface area contributed by atoms with Crippen molar-refractivity contribution in [3.05, 3.63) is 4.91 Å². The Kier molecular flexibility index (Phi) is 2.62. The zero-order valence-electron chi connectivity index (χ0n) is 6.93. The van der Waals surface area contributed by atoms with E-state index in [1.807, 2.05) is 6.92 Å². The summed E-state index contributed by atoms with van der Waals surface area (Å²) in [6.45, 7) is 2.34. The second-order valence-electron chi connectivity index (χ2n) is 2.95. The van der Waals surface area contributed by atoms with Crippen LogP contribution in [0.3, 0.4) is 0 Å². The van der Waals surface area contributed by atoms with Crippen molar-refractivity contribution in [2.75, 3.05) is 6.54 Å². The highest BCUT2D eigenvalue weighted by Crippen LogP contribution is 2.26. The van der Waals surface area contributed by atoms with Crippen LogP contribution in [0.1, 0.15) is 19.8 Å².